The van der Waals surface area contributed by atoms with Crippen molar-refractivity contribution in [2.45, 2.75) is 6.92 Å². The van der Waals surface area contributed by atoms with Gasteiger partial charge in [-0.1, -0.05) is 6.07 Å². The molecule has 1 N–H and O–H groups in total. The second kappa shape index (κ2) is 6.39. The van der Waals surface area contributed by atoms with Crippen molar-refractivity contribution in [1.82, 2.24) is 20.2 Å². The van der Waals surface area contributed by atoms with E-state index in [4.69, 9.17) is 9.15 Å². The van der Waals surface area contributed by atoms with E-state index in [9.17, 15) is 4.79 Å². The van der Waals surface area contributed by atoms with E-state index in [0.717, 1.165) is 5.69 Å². The Morgan fingerprint density at radius 2 is 2.24 bits per heavy atom. The molecular formula is C13H11LiN4O3. The van der Waals surface area contributed by atoms with Crippen LogP contribution in [0.2, 0.25) is 0 Å². The molecule has 102 valence electrons. The Balaban J connectivity index is 0.00000121. The van der Waals surface area contributed by atoms with Crippen LogP contribution in [-0.4, -0.2) is 26.1 Å². The van der Waals surface area contributed by atoms with Crippen molar-refractivity contribution in [3.63, 3.8) is 0 Å². The Kier molecular flexibility index (Phi) is 4.58. The average Bonchev–Trinajstić information content (AvgIpc) is 3.09. The van der Waals surface area contributed by atoms with Crippen molar-refractivity contribution in [2.24, 2.45) is 0 Å². The second-order valence-electron chi connectivity index (χ2n) is 4.00. The number of aromatic amines is 1. The van der Waals surface area contributed by atoms with Crippen molar-refractivity contribution in [2.75, 3.05) is 0 Å². The monoisotopic (exact) mass is 278 g/mol. The molecule has 3 rings (SSSR count). The van der Waals surface area contributed by atoms with Crippen LogP contribution < -0.4 is 23.6 Å². The molecule has 0 radical (unpaired) electrons. The quantitative estimate of drug-likeness (QED) is 0.493. The number of pyridine rings is 1. The molecule has 0 saturated carbocycles. The summed E-state index contributed by atoms with van der Waals surface area (Å²) < 4.78 is 10.3. The Hall–Kier alpha value is -2.36. The van der Waals surface area contributed by atoms with Crippen molar-refractivity contribution in [3.8, 4) is 17.3 Å². The maximum Gasteiger partial charge on any atom is 1.00 e. The summed E-state index contributed by atoms with van der Waals surface area (Å²) in [6.45, 7) is 1.85. The Bertz CT molecular complexity index is 745. The van der Waals surface area contributed by atoms with Gasteiger partial charge in [0.05, 0.1) is 6.20 Å². The summed E-state index contributed by atoms with van der Waals surface area (Å²) in [5.41, 5.74) is 1.41. The summed E-state index contributed by atoms with van der Waals surface area (Å²) in [7, 11) is 0. The van der Waals surface area contributed by atoms with E-state index in [1.165, 1.54) is 18.7 Å². The number of rotatable bonds is 3. The SMILES string of the molecule is Cc1cccc(-c2ocnc2C(=O)Oc2ccn[nH]2)n1.[H-].[Li+]. The van der Waals surface area contributed by atoms with Crippen molar-refractivity contribution in [3.05, 3.63) is 48.2 Å². The zero-order valence-electron chi connectivity index (χ0n) is 12.5. The fraction of sp³-hybridized carbons (Fsp3) is 0.0769. The Morgan fingerprint density at radius 1 is 1.38 bits per heavy atom. The van der Waals surface area contributed by atoms with Gasteiger partial charge in [0.15, 0.2) is 17.8 Å². The second-order valence-corrected chi connectivity index (χ2v) is 4.00. The molecule has 0 atom stereocenters. The minimum absolute atomic E-state index is 0. The van der Waals surface area contributed by atoms with Crippen LogP contribution in [0.15, 0.2) is 41.3 Å². The van der Waals surface area contributed by atoms with E-state index >= 15 is 0 Å². The van der Waals surface area contributed by atoms with Gasteiger partial charge in [-0.2, -0.15) is 5.10 Å². The molecule has 21 heavy (non-hydrogen) atoms. The molecule has 0 unspecified atom stereocenters. The van der Waals surface area contributed by atoms with Crippen molar-refractivity contribution < 1.29 is 34.2 Å². The molecule has 0 aliphatic carbocycles. The molecule has 0 aromatic carbocycles. The van der Waals surface area contributed by atoms with Gasteiger partial charge >= 0.3 is 24.8 Å². The van der Waals surface area contributed by atoms with E-state index in [2.05, 4.69) is 20.2 Å². The first-order valence-corrected chi connectivity index (χ1v) is 5.83. The first kappa shape index (κ1) is 15.0. The van der Waals surface area contributed by atoms with E-state index < -0.39 is 5.97 Å². The first-order valence-electron chi connectivity index (χ1n) is 5.83. The van der Waals surface area contributed by atoms with Gasteiger partial charge in [0.1, 0.15) is 5.69 Å². The number of oxazole rings is 1. The van der Waals surface area contributed by atoms with Crippen LogP contribution >= 0.6 is 0 Å². The summed E-state index contributed by atoms with van der Waals surface area (Å²) in [6.07, 6.45) is 2.66. The summed E-state index contributed by atoms with van der Waals surface area (Å²) in [4.78, 5) is 20.2. The van der Waals surface area contributed by atoms with Gasteiger partial charge in [-0.15, -0.1) is 0 Å². The minimum Gasteiger partial charge on any atom is -1.00 e. The van der Waals surface area contributed by atoms with Gasteiger partial charge in [-0.05, 0) is 19.1 Å². The fourth-order valence-corrected chi connectivity index (χ4v) is 1.69. The van der Waals surface area contributed by atoms with Gasteiger partial charge in [-0.3, -0.25) is 0 Å². The number of aryl methyl sites for hydroxylation is 1. The van der Waals surface area contributed by atoms with Crippen LogP contribution in [0.1, 0.15) is 17.6 Å². The number of nitrogens with one attached hydrogen (secondary N) is 1. The van der Waals surface area contributed by atoms with E-state index in [-0.39, 0.29) is 37.6 Å². The van der Waals surface area contributed by atoms with Crippen molar-refractivity contribution >= 4 is 5.97 Å². The van der Waals surface area contributed by atoms with Gasteiger partial charge in [-0.25, -0.2) is 19.9 Å². The van der Waals surface area contributed by atoms with Gasteiger partial charge < -0.3 is 10.6 Å². The molecule has 3 aromatic heterocycles. The number of hydrogen-bond donors (Lipinski definition) is 1. The molecule has 0 fully saturated rings. The third-order valence-corrected chi connectivity index (χ3v) is 2.56. The number of ether oxygens (including phenoxy) is 1. The van der Waals surface area contributed by atoms with Crippen molar-refractivity contribution in [1.29, 1.82) is 0 Å². The maximum absolute atomic E-state index is 12.0. The largest absolute Gasteiger partial charge is 1.00 e. The average molecular weight is 278 g/mol. The minimum atomic E-state index is -0.638. The van der Waals surface area contributed by atoms with Crippen LogP contribution in [0.5, 0.6) is 5.88 Å². The number of carbonyl (C=O) groups excluding carboxylic acids is 1. The molecule has 7 nitrogen and oxygen atoms in total. The van der Waals surface area contributed by atoms with Crippen LogP contribution in [0.25, 0.3) is 11.5 Å². The molecule has 3 heterocycles. The predicted octanol–water partition coefficient (Wildman–Crippen LogP) is -0.896. The zero-order chi connectivity index (χ0) is 13.9. The predicted molar refractivity (Wildman–Crippen MR) is 69.1 cm³/mol. The Labute approximate surface area is 133 Å². The van der Waals surface area contributed by atoms with Crippen LogP contribution in [0, 0.1) is 6.92 Å². The smallest absolute Gasteiger partial charge is 1.00 e. The van der Waals surface area contributed by atoms with Gasteiger partial charge in [0.25, 0.3) is 0 Å². The fourth-order valence-electron chi connectivity index (χ4n) is 1.69. The molecule has 3 aromatic rings. The van der Waals surface area contributed by atoms with Gasteiger partial charge in [0, 0.05) is 11.8 Å². The zero-order valence-corrected chi connectivity index (χ0v) is 11.5. The van der Waals surface area contributed by atoms with Gasteiger partial charge in [0.2, 0.25) is 5.88 Å². The molecular weight excluding hydrogens is 267 g/mol. The standard InChI is InChI=1S/C13H10N4O3.Li.H/c1-8-3-2-4-9(16-8)12-11(14-7-19-12)13(18)20-10-5-6-15-17-10;;/h2-7H,1H3,(H,15,17);;/q;+1;-1. The number of hydrogen-bond acceptors (Lipinski definition) is 6. The van der Waals surface area contributed by atoms with Crippen LogP contribution in [0.4, 0.5) is 0 Å². The van der Waals surface area contributed by atoms with E-state index in [1.54, 1.807) is 6.07 Å². The third kappa shape index (κ3) is 3.21. The number of nitrogens with zero attached hydrogens (tertiary/aromatic N) is 3. The summed E-state index contributed by atoms with van der Waals surface area (Å²) in [6, 6.07) is 6.94. The third-order valence-electron chi connectivity index (χ3n) is 2.56. The summed E-state index contributed by atoms with van der Waals surface area (Å²) in [5.74, 6) is -0.124. The van der Waals surface area contributed by atoms with E-state index in [0.29, 0.717) is 5.69 Å². The summed E-state index contributed by atoms with van der Waals surface area (Å²) >= 11 is 0. The molecule has 0 bridgehead atoms. The van der Waals surface area contributed by atoms with E-state index in [1.807, 2.05) is 19.1 Å². The van der Waals surface area contributed by atoms with Crippen LogP contribution in [-0.2, 0) is 0 Å². The molecule has 0 saturated heterocycles. The Morgan fingerprint density at radius 3 is 2.95 bits per heavy atom. The molecule has 0 spiro atoms. The topological polar surface area (TPSA) is 93.9 Å². The molecule has 0 amide bonds. The molecule has 0 aliphatic heterocycles. The first-order chi connectivity index (χ1) is 9.74. The normalized spacial score (nSPS) is 9.95. The van der Waals surface area contributed by atoms with Crippen LogP contribution in [0.3, 0.4) is 0 Å². The number of carbonyl (C=O) groups is 1. The summed E-state index contributed by atoms with van der Waals surface area (Å²) in [5, 5.41) is 6.22. The number of H-pyrrole nitrogens is 1. The number of aromatic nitrogens is 4. The maximum atomic E-state index is 12.0. The number of esters is 1. The molecule has 8 heteroatoms. The molecule has 0 aliphatic rings.